The molecule has 4 nitrogen and oxygen atoms in total. The maximum absolute atomic E-state index is 11.4. The van der Waals surface area contributed by atoms with Crippen molar-refractivity contribution < 1.29 is 9.53 Å². The Balaban J connectivity index is 2.21. The summed E-state index contributed by atoms with van der Waals surface area (Å²) in [5.74, 6) is 1.28. The second-order valence-corrected chi connectivity index (χ2v) is 5.24. The summed E-state index contributed by atoms with van der Waals surface area (Å²) >= 11 is 0. The lowest BCUT2D eigenvalue weighted by molar-refractivity contribution is -0.144. The van der Waals surface area contributed by atoms with E-state index >= 15 is 0 Å². The molecular formula is C13H26N2O2. The van der Waals surface area contributed by atoms with E-state index in [2.05, 4.69) is 18.7 Å². The number of carbonyl (C=O) groups excluding carboxylic acids is 1. The largest absolute Gasteiger partial charge is 0.465 e. The molecule has 0 aromatic heterocycles. The fourth-order valence-electron chi connectivity index (χ4n) is 2.30. The van der Waals surface area contributed by atoms with Crippen LogP contribution in [0.4, 0.5) is 0 Å². The van der Waals surface area contributed by atoms with Gasteiger partial charge in [-0.15, -0.1) is 0 Å². The van der Waals surface area contributed by atoms with Gasteiger partial charge in [0.15, 0.2) is 0 Å². The van der Waals surface area contributed by atoms with Crippen molar-refractivity contribution in [1.29, 1.82) is 0 Å². The maximum Gasteiger partial charge on any atom is 0.322 e. The van der Waals surface area contributed by atoms with Crippen LogP contribution in [0.1, 0.15) is 33.6 Å². The average Bonchev–Trinajstić information content (AvgIpc) is 2.75. The molecule has 2 N–H and O–H groups in total. The van der Waals surface area contributed by atoms with Crippen LogP contribution < -0.4 is 5.73 Å². The van der Waals surface area contributed by atoms with E-state index in [1.807, 2.05) is 0 Å². The number of ether oxygens (including phenoxy) is 1. The lowest BCUT2D eigenvalue weighted by atomic mass is 9.95. The molecule has 100 valence electrons. The number of esters is 1. The molecule has 0 saturated carbocycles. The van der Waals surface area contributed by atoms with Gasteiger partial charge in [-0.2, -0.15) is 0 Å². The molecule has 17 heavy (non-hydrogen) atoms. The highest BCUT2D eigenvalue weighted by Gasteiger charge is 2.25. The third kappa shape index (κ3) is 4.64. The monoisotopic (exact) mass is 242 g/mol. The Kier molecular flexibility index (Phi) is 5.92. The highest BCUT2D eigenvalue weighted by Crippen LogP contribution is 2.23. The van der Waals surface area contributed by atoms with Crippen LogP contribution in [0, 0.1) is 11.8 Å². The van der Waals surface area contributed by atoms with Gasteiger partial charge in [-0.3, -0.25) is 4.79 Å². The molecule has 1 fully saturated rings. The van der Waals surface area contributed by atoms with Gasteiger partial charge < -0.3 is 15.4 Å². The predicted octanol–water partition coefficient (Wildman–Crippen LogP) is 1.24. The van der Waals surface area contributed by atoms with Crippen LogP contribution in [-0.2, 0) is 9.53 Å². The zero-order valence-corrected chi connectivity index (χ0v) is 11.3. The van der Waals surface area contributed by atoms with Crippen molar-refractivity contribution in [3.05, 3.63) is 0 Å². The van der Waals surface area contributed by atoms with E-state index in [9.17, 15) is 4.79 Å². The van der Waals surface area contributed by atoms with Gasteiger partial charge in [0.05, 0.1) is 6.61 Å². The summed E-state index contributed by atoms with van der Waals surface area (Å²) in [6.07, 6.45) is 1.97. The van der Waals surface area contributed by atoms with Crippen LogP contribution in [0.3, 0.4) is 0 Å². The molecule has 0 bridgehead atoms. The van der Waals surface area contributed by atoms with E-state index in [4.69, 9.17) is 10.5 Å². The number of nitrogens with two attached hydrogens (primary N) is 1. The van der Waals surface area contributed by atoms with E-state index in [1.54, 1.807) is 6.92 Å². The first kappa shape index (κ1) is 14.5. The van der Waals surface area contributed by atoms with E-state index in [0.717, 1.165) is 31.5 Å². The summed E-state index contributed by atoms with van der Waals surface area (Å²) in [7, 11) is 0. The number of likely N-dealkylation sites (tertiary alicyclic amines) is 1. The number of nitrogens with zero attached hydrogens (tertiary/aromatic N) is 1. The van der Waals surface area contributed by atoms with Gasteiger partial charge in [0.2, 0.25) is 0 Å². The minimum atomic E-state index is -0.465. The Morgan fingerprint density at radius 3 is 2.76 bits per heavy atom. The summed E-state index contributed by atoms with van der Waals surface area (Å²) in [4.78, 5) is 13.8. The summed E-state index contributed by atoms with van der Waals surface area (Å²) in [5, 5.41) is 0. The van der Waals surface area contributed by atoms with Gasteiger partial charge in [0.1, 0.15) is 6.04 Å². The second kappa shape index (κ2) is 6.97. The first-order chi connectivity index (χ1) is 8.04. The lowest BCUT2D eigenvalue weighted by Gasteiger charge is -2.19. The molecule has 1 rings (SSSR count). The van der Waals surface area contributed by atoms with Gasteiger partial charge in [0, 0.05) is 13.1 Å². The molecule has 2 atom stereocenters. The van der Waals surface area contributed by atoms with Crippen LogP contribution in [-0.4, -0.2) is 43.2 Å². The van der Waals surface area contributed by atoms with Crippen molar-refractivity contribution in [2.24, 2.45) is 17.6 Å². The van der Waals surface area contributed by atoms with Gasteiger partial charge in [0.25, 0.3) is 0 Å². The summed E-state index contributed by atoms with van der Waals surface area (Å²) < 4.78 is 4.90. The van der Waals surface area contributed by atoms with Crippen molar-refractivity contribution in [3.63, 3.8) is 0 Å². The van der Waals surface area contributed by atoms with Gasteiger partial charge >= 0.3 is 5.97 Å². The SMILES string of the molecule is CCOC(=O)C(N)CCN1CCC(C(C)C)C1. The Hall–Kier alpha value is -0.610. The van der Waals surface area contributed by atoms with Crippen molar-refractivity contribution in [3.8, 4) is 0 Å². The number of carbonyl (C=O) groups is 1. The lowest BCUT2D eigenvalue weighted by Crippen LogP contribution is -2.36. The summed E-state index contributed by atoms with van der Waals surface area (Å²) in [6, 6.07) is -0.465. The first-order valence-electron chi connectivity index (χ1n) is 6.69. The molecule has 1 aliphatic rings. The second-order valence-electron chi connectivity index (χ2n) is 5.24. The fourth-order valence-corrected chi connectivity index (χ4v) is 2.30. The van der Waals surface area contributed by atoms with Crippen molar-refractivity contribution in [1.82, 2.24) is 4.90 Å². The van der Waals surface area contributed by atoms with Gasteiger partial charge in [-0.25, -0.2) is 0 Å². The van der Waals surface area contributed by atoms with Crippen LogP contribution in [0.15, 0.2) is 0 Å². The molecule has 1 saturated heterocycles. The van der Waals surface area contributed by atoms with Crippen molar-refractivity contribution in [2.45, 2.75) is 39.7 Å². The minimum absolute atomic E-state index is 0.271. The minimum Gasteiger partial charge on any atom is -0.465 e. The highest BCUT2D eigenvalue weighted by molar-refractivity contribution is 5.75. The molecule has 0 aliphatic carbocycles. The van der Waals surface area contributed by atoms with E-state index in [1.165, 1.54) is 6.42 Å². The Bertz CT molecular complexity index is 244. The van der Waals surface area contributed by atoms with E-state index in [0.29, 0.717) is 13.0 Å². The molecule has 0 radical (unpaired) electrons. The quantitative estimate of drug-likeness (QED) is 0.712. The molecule has 0 aromatic carbocycles. The number of hydrogen-bond acceptors (Lipinski definition) is 4. The maximum atomic E-state index is 11.4. The highest BCUT2D eigenvalue weighted by atomic mass is 16.5. The normalized spacial score (nSPS) is 23.0. The predicted molar refractivity (Wildman–Crippen MR) is 68.6 cm³/mol. The van der Waals surface area contributed by atoms with E-state index in [-0.39, 0.29) is 5.97 Å². The average molecular weight is 242 g/mol. The van der Waals surface area contributed by atoms with E-state index < -0.39 is 6.04 Å². The molecule has 0 aromatic rings. The Morgan fingerprint density at radius 2 is 2.24 bits per heavy atom. The third-order valence-corrected chi connectivity index (χ3v) is 3.60. The molecule has 0 amide bonds. The molecule has 1 aliphatic heterocycles. The standard InChI is InChI=1S/C13H26N2O2/c1-4-17-13(16)12(14)6-8-15-7-5-11(9-15)10(2)3/h10-12H,4-9,14H2,1-3H3. The molecule has 1 heterocycles. The van der Waals surface area contributed by atoms with Crippen LogP contribution in [0.2, 0.25) is 0 Å². The summed E-state index contributed by atoms with van der Waals surface area (Å²) in [5.41, 5.74) is 5.77. The van der Waals surface area contributed by atoms with Crippen LogP contribution in [0.25, 0.3) is 0 Å². The molecular weight excluding hydrogens is 216 g/mol. The van der Waals surface area contributed by atoms with Crippen molar-refractivity contribution in [2.75, 3.05) is 26.2 Å². The zero-order chi connectivity index (χ0) is 12.8. The Labute approximate surface area is 104 Å². The van der Waals surface area contributed by atoms with Gasteiger partial charge in [-0.05, 0) is 38.1 Å². The number of rotatable bonds is 6. The first-order valence-corrected chi connectivity index (χ1v) is 6.69. The smallest absolute Gasteiger partial charge is 0.322 e. The van der Waals surface area contributed by atoms with Crippen LogP contribution >= 0.6 is 0 Å². The molecule has 0 spiro atoms. The molecule has 2 unspecified atom stereocenters. The zero-order valence-electron chi connectivity index (χ0n) is 11.3. The topological polar surface area (TPSA) is 55.6 Å². The van der Waals surface area contributed by atoms with Crippen LogP contribution in [0.5, 0.6) is 0 Å². The van der Waals surface area contributed by atoms with Crippen molar-refractivity contribution >= 4 is 5.97 Å². The Morgan fingerprint density at radius 1 is 1.53 bits per heavy atom. The number of hydrogen-bond donors (Lipinski definition) is 1. The fraction of sp³-hybridized carbons (Fsp3) is 0.923. The summed E-state index contributed by atoms with van der Waals surface area (Å²) in [6.45, 7) is 9.95. The van der Waals surface area contributed by atoms with Gasteiger partial charge in [-0.1, -0.05) is 13.8 Å². The molecule has 4 heteroatoms. The third-order valence-electron chi connectivity index (χ3n) is 3.60.